The Balaban J connectivity index is 2.45. The Morgan fingerprint density at radius 2 is 2.00 bits per heavy atom. The van der Waals surface area contributed by atoms with Crippen molar-refractivity contribution < 1.29 is 9.18 Å². The summed E-state index contributed by atoms with van der Waals surface area (Å²) in [7, 11) is 0. The molecule has 0 saturated carbocycles. The topological polar surface area (TPSA) is 40.9 Å². The average molecular weight is 332 g/mol. The largest absolute Gasteiger partial charge is 0.292 e. The molecule has 0 spiro atoms. The molecule has 2 aromatic rings. The molecule has 2 rings (SSSR count). The molecule has 0 fully saturated rings. The lowest BCUT2D eigenvalue weighted by Crippen LogP contribution is -2.14. The molecule has 0 aliphatic rings. The third-order valence-electron chi connectivity index (χ3n) is 3.06. The summed E-state index contributed by atoms with van der Waals surface area (Å²) in [5.74, 6) is -2.05. The maximum absolute atomic E-state index is 13.8. The molecule has 0 heterocycles. The molecule has 0 saturated heterocycles. The zero-order valence-corrected chi connectivity index (χ0v) is 12.3. The monoisotopic (exact) mass is 331 g/mol. The van der Waals surface area contributed by atoms with Crippen LogP contribution in [0, 0.1) is 24.1 Å². The van der Waals surface area contributed by atoms with Gasteiger partial charge >= 0.3 is 0 Å². The Morgan fingerprint density at radius 1 is 1.30 bits per heavy atom. The third-order valence-corrected chi connectivity index (χ3v) is 3.55. The first-order chi connectivity index (χ1) is 9.54. The first-order valence-electron chi connectivity index (χ1n) is 5.99. The zero-order valence-electron chi connectivity index (χ0n) is 10.7. The minimum Gasteiger partial charge on any atom is -0.292 e. The van der Waals surface area contributed by atoms with Gasteiger partial charge in [-0.25, -0.2) is 4.39 Å². The van der Waals surface area contributed by atoms with Crippen molar-refractivity contribution in [1.82, 2.24) is 0 Å². The first-order valence-corrected chi connectivity index (χ1v) is 6.78. The lowest BCUT2D eigenvalue weighted by Gasteiger charge is -2.11. The number of aryl methyl sites for hydroxylation is 1. The maximum Gasteiger partial charge on any atom is 0.184 e. The highest BCUT2D eigenvalue weighted by Gasteiger charge is 2.25. The van der Waals surface area contributed by atoms with E-state index in [2.05, 4.69) is 15.9 Å². The Labute approximate surface area is 125 Å². The highest BCUT2D eigenvalue weighted by molar-refractivity contribution is 9.10. The van der Waals surface area contributed by atoms with Crippen LogP contribution in [0.3, 0.4) is 0 Å². The van der Waals surface area contributed by atoms with Gasteiger partial charge in [0.15, 0.2) is 5.78 Å². The molecular formula is C16H11BrFNO. The van der Waals surface area contributed by atoms with E-state index in [1.54, 1.807) is 31.2 Å². The van der Waals surface area contributed by atoms with Crippen molar-refractivity contribution in [3.63, 3.8) is 0 Å². The number of hydrogen-bond donors (Lipinski definition) is 0. The van der Waals surface area contributed by atoms with E-state index < -0.39 is 11.7 Å². The molecule has 0 aromatic heterocycles. The number of nitriles is 1. The first kappa shape index (κ1) is 14.4. The molecule has 0 radical (unpaired) electrons. The second kappa shape index (κ2) is 5.98. The van der Waals surface area contributed by atoms with Gasteiger partial charge in [-0.2, -0.15) is 5.26 Å². The van der Waals surface area contributed by atoms with Crippen LogP contribution in [0.2, 0.25) is 0 Å². The van der Waals surface area contributed by atoms with Crippen molar-refractivity contribution in [3.8, 4) is 6.07 Å². The van der Waals surface area contributed by atoms with Gasteiger partial charge in [0.25, 0.3) is 0 Å². The number of ketones is 1. The molecule has 2 aromatic carbocycles. The Hall–Kier alpha value is -1.99. The van der Waals surface area contributed by atoms with E-state index in [9.17, 15) is 14.4 Å². The number of benzene rings is 2. The zero-order chi connectivity index (χ0) is 14.7. The lowest BCUT2D eigenvalue weighted by atomic mass is 9.90. The third kappa shape index (κ3) is 2.78. The van der Waals surface area contributed by atoms with E-state index in [-0.39, 0.29) is 11.3 Å². The molecule has 0 aliphatic carbocycles. The maximum atomic E-state index is 13.8. The predicted octanol–water partition coefficient (Wildman–Crippen LogP) is 4.39. The summed E-state index contributed by atoms with van der Waals surface area (Å²) in [5.41, 5.74) is 1.30. The molecule has 1 atom stereocenters. The molecule has 2 nitrogen and oxygen atoms in total. The average Bonchev–Trinajstić information content (AvgIpc) is 2.41. The van der Waals surface area contributed by atoms with Crippen molar-refractivity contribution in [1.29, 1.82) is 5.26 Å². The number of halogens is 2. The van der Waals surface area contributed by atoms with E-state index in [0.717, 1.165) is 10.0 Å². The summed E-state index contributed by atoms with van der Waals surface area (Å²) in [6, 6.07) is 12.9. The van der Waals surface area contributed by atoms with Gasteiger partial charge < -0.3 is 0 Å². The van der Waals surface area contributed by atoms with Crippen molar-refractivity contribution in [3.05, 3.63) is 69.4 Å². The fourth-order valence-corrected chi connectivity index (χ4v) is 2.51. The fraction of sp³-hybridized carbons (Fsp3) is 0.125. The minimum atomic E-state index is -1.13. The van der Waals surface area contributed by atoms with Gasteiger partial charge in [0.05, 0.1) is 6.07 Å². The molecular weight excluding hydrogens is 321 g/mol. The summed E-state index contributed by atoms with van der Waals surface area (Å²) in [5, 5.41) is 9.23. The number of hydrogen-bond acceptors (Lipinski definition) is 2. The summed E-state index contributed by atoms with van der Waals surface area (Å²) >= 11 is 3.32. The van der Waals surface area contributed by atoms with E-state index in [0.29, 0.717) is 5.56 Å². The molecule has 4 heteroatoms. The van der Waals surface area contributed by atoms with E-state index >= 15 is 0 Å². The van der Waals surface area contributed by atoms with Crippen molar-refractivity contribution in [2.24, 2.45) is 0 Å². The van der Waals surface area contributed by atoms with Crippen molar-refractivity contribution >= 4 is 21.7 Å². The van der Waals surface area contributed by atoms with Crippen molar-refractivity contribution in [2.45, 2.75) is 12.8 Å². The van der Waals surface area contributed by atoms with Crippen LogP contribution in [-0.2, 0) is 0 Å². The number of rotatable bonds is 3. The fourth-order valence-electron chi connectivity index (χ4n) is 2.04. The van der Waals surface area contributed by atoms with E-state index in [1.807, 2.05) is 6.07 Å². The van der Waals surface area contributed by atoms with Crippen LogP contribution in [0.5, 0.6) is 0 Å². The summed E-state index contributed by atoms with van der Waals surface area (Å²) in [6.07, 6.45) is 0. The van der Waals surface area contributed by atoms with Gasteiger partial charge in [-0.15, -0.1) is 0 Å². The highest BCUT2D eigenvalue weighted by Crippen LogP contribution is 2.25. The second-order valence-electron chi connectivity index (χ2n) is 4.41. The molecule has 0 bridgehead atoms. The number of carbonyl (C=O) groups is 1. The van der Waals surface area contributed by atoms with Gasteiger partial charge in [-0.1, -0.05) is 34.1 Å². The molecule has 0 aliphatic heterocycles. The Bertz CT molecular complexity index is 706. The Kier molecular flexibility index (Phi) is 4.31. The van der Waals surface area contributed by atoms with Gasteiger partial charge in [-0.3, -0.25) is 4.79 Å². The number of carbonyl (C=O) groups excluding carboxylic acids is 1. The van der Waals surface area contributed by atoms with Crippen LogP contribution in [0.15, 0.2) is 46.9 Å². The summed E-state index contributed by atoms with van der Waals surface area (Å²) in [6.45, 7) is 1.79. The van der Waals surface area contributed by atoms with E-state index in [4.69, 9.17) is 0 Å². The molecule has 0 amide bonds. The van der Waals surface area contributed by atoms with Crippen LogP contribution in [0.25, 0.3) is 0 Å². The van der Waals surface area contributed by atoms with Crippen LogP contribution >= 0.6 is 15.9 Å². The van der Waals surface area contributed by atoms with Gasteiger partial charge in [0, 0.05) is 15.6 Å². The second-order valence-corrected chi connectivity index (χ2v) is 5.32. The molecule has 20 heavy (non-hydrogen) atoms. The van der Waals surface area contributed by atoms with Crippen molar-refractivity contribution in [2.75, 3.05) is 0 Å². The summed E-state index contributed by atoms with van der Waals surface area (Å²) in [4.78, 5) is 12.5. The van der Waals surface area contributed by atoms with Crippen LogP contribution in [0.4, 0.5) is 4.39 Å². The number of nitrogens with zero attached hydrogens (tertiary/aromatic N) is 1. The van der Waals surface area contributed by atoms with Gasteiger partial charge in [0.2, 0.25) is 0 Å². The number of Topliss-reactive ketones (excluding diaryl/α,β-unsaturated/α-hetero) is 1. The quantitative estimate of drug-likeness (QED) is 0.783. The smallest absolute Gasteiger partial charge is 0.184 e. The molecule has 1 unspecified atom stereocenters. The van der Waals surface area contributed by atoms with Crippen LogP contribution in [0.1, 0.15) is 27.4 Å². The predicted molar refractivity (Wildman–Crippen MR) is 78.0 cm³/mol. The molecule has 100 valence electrons. The highest BCUT2D eigenvalue weighted by atomic mass is 79.9. The standard InChI is InChI=1S/C16H11BrFNO/c1-10-8-11(17)6-7-12(10)16(20)14(9-19)13-4-2-3-5-15(13)18/h2-8,14H,1H3. The minimum absolute atomic E-state index is 0.113. The molecule has 0 N–H and O–H groups in total. The SMILES string of the molecule is Cc1cc(Br)ccc1C(=O)C(C#N)c1ccccc1F. The van der Waals surface area contributed by atoms with Crippen LogP contribution < -0.4 is 0 Å². The van der Waals surface area contributed by atoms with E-state index in [1.165, 1.54) is 18.2 Å². The van der Waals surface area contributed by atoms with Gasteiger partial charge in [-0.05, 0) is 36.8 Å². The van der Waals surface area contributed by atoms with Gasteiger partial charge in [0.1, 0.15) is 11.7 Å². The normalized spacial score (nSPS) is 11.7. The Morgan fingerprint density at radius 3 is 2.60 bits per heavy atom. The van der Waals surface area contributed by atoms with Crippen LogP contribution in [-0.4, -0.2) is 5.78 Å². The summed E-state index contributed by atoms with van der Waals surface area (Å²) < 4.78 is 14.6. The lowest BCUT2D eigenvalue weighted by molar-refractivity contribution is 0.0977.